The summed E-state index contributed by atoms with van der Waals surface area (Å²) >= 11 is 0. The zero-order valence-corrected chi connectivity index (χ0v) is 15.2. The number of hydrogen-bond acceptors (Lipinski definition) is 8. The van der Waals surface area contributed by atoms with Crippen LogP contribution >= 0.6 is 0 Å². The molecule has 0 aromatic heterocycles. The second-order valence-corrected chi connectivity index (χ2v) is 7.93. The van der Waals surface area contributed by atoms with E-state index in [1.165, 1.54) is 12.1 Å². The number of nitrogens with zero attached hydrogens (tertiary/aromatic N) is 1. The van der Waals surface area contributed by atoms with Crippen molar-refractivity contribution in [2.24, 2.45) is 0 Å². The average Bonchev–Trinajstić information content (AvgIpc) is 2.58. The van der Waals surface area contributed by atoms with E-state index < -0.39 is 14.8 Å². The van der Waals surface area contributed by atoms with Gasteiger partial charge in [0, 0.05) is 44.4 Å². The highest BCUT2D eigenvalue weighted by Gasteiger charge is 2.19. The van der Waals surface area contributed by atoms with Gasteiger partial charge in [-0.15, -0.1) is 0 Å². The molecule has 0 saturated carbocycles. The van der Waals surface area contributed by atoms with Crippen LogP contribution in [0, 0.1) is 10.1 Å². The molecule has 1 amide bonds. The maximum absolute atomic E-state index is 11.8. The van der Waals surface area contributed by atoms with Crippen LogP contribution in [0.25, 0.3) is 0 Å². The third-order valence-corrected chi connectivity index (χ3v) is 4.90. The van der Waals surface area contributed by atoms with E-state index in [4.69, 9.17) is 4.74 Å². The minimum absolute atomic E-state index is 0.0127. The summed E-state index contributed by atoms with van der Waals surface area (Å²) in [7, 11) is -3.53. The summed E-state index contributed by atoms with van der Waals surface area (Å²) in [4.78, 5) is 22.2. The smallest absolute Gasteiger partial charge is 0.293 e. The number of morpholine rings is 1. The molecule has 1 aliphatic heterocycles. The van der Waals surface area contributed by atoms with Crippen molar-refractivity contribution in [2.75, 3.05) is 44.4 Å². The van der Waals surface area contributed by atoms with Crippen LogP contribution in [0.5, 0.6) is 0 Å². The summed E-state index contributed by atoms with van der Waals surface area (Å²) in [5.41, 5.74) is -0.137. The van der Waals surface area contributed by atoms with Crippen molar-refractivity contribution >= 4 is 27.1 Å². The Labute approximate surface area is 151 Å². The molecule has 26 heavy (non-hydrogen) atoms. The number of ether oxygens (including phenoxy) is 1. The molecular weight excluding hydrogens is 364 g/mol. The van der Waals surface area contributed by atoms with Gasteiger partial charge >= 0.3 is 0 Å². The first-order valence-electron chi connectivity index (χ1n) is 8.07. The average molecular weight is 386 g/mol. The van der Waals surface area contributed by atoms with Crippen LogP contribution in [0.1, 0.15) is 6.42 Å². The summed E-state index contributed by atoms with van der Waals surface area (Å²) in [6.07, 6.45) is 1.28. The van der Waals surface area contributed by atoms with Crippen LogP contribution in [0.4, 0.5) is 11.4 Å². The number of nitro benzene ring substituents is 1. The van der Waals surface area contributed by atoms with E-state index in [0.717, 1.165) is 12.3 Å². The molecule has 1 unspecified atom stereocenters. The number of rotatable bonds is 8. The number of hydrogen-bond donors (Lipinski definition) is 3. The van der Waals surface area contributed by atoms with Crippen LogP contribution < -0.4 is 16.0 Å². The molecule has 1 saturated heterocycles. The van der Waals surface area contributed by atoms with Crippen LogP contribution in [0.3, 0.4) is 0 Å². The van der Waals surface area contributed by atoms with Crippen LogP contribution in [-0.2, 0) is 19.4 Å². The highest BCUT2D eigenvalue weighted by Crippen LogP contribution is 2.27. The molecule has 0 spiro atoms. The number of anilines is 1. The number of benzene rings is 1. The van der Waals surface area contributed by atoms with Gasteiger partial charge in [0.05, 0.1) is 23.0 Å². The summed E-state index contributed by atoms with van der Waals surface area (Å²) in [6.45, 7) is 2.38. The lowest BCUT2D eigenvalue weighted by Crippen LogP contribution is -2.44. The third kappa shape index (κ3) is 5.93. The van der Waals surface area contributed by atoms with Gasteiger partial charge in [-0.25, -0.2) is 8.42 Å². The van der Waals surface area contributed by atoms with Crippen LogP contribution in [0.15, 0.2) is 23.1 Å². The molecule has 10 nitrogen and oxygen atoms in total. The quantitative estimate of drug-likeness (QED) is 0.320. The molecule has 0 aliphatic carbocycles. The van der Waals surface area contributed by atoms with Gasteiger partial charge < -0.3 is 20.7 Å². The molecule has 1 aliphatic rings. The lowest BCUT2D eigenvalue weighted by molar-refractivity contribution is -0.384. The lowest BCUT2D eigenvalue weighted by atomic mass is 10.2. The van der Waals surface area contributed by atoms with Crippen molar-refractivity contribution < 1.29 is 22.9 Å². The molecule has 2 rings (SSSR count). The second-order valence-electron chi connectivity index (χ2n) is 5.92. The highest BCUT2D eigenvalue weighted by atomic mass is 32.2. The van der Waals surface area contributed by atoms with Crippen LogP contribution in [0.2, 0.25) is 0 Å². The van der Waals surface area contributed by atoms with E-state index in [9.17, 15) is 23.3 Å². The minimum atomic E-state index is -3.53. The molecule has 144 valence electrons. The SMILES string of the molecule is CS(=O)(=O)c1ccc(NCCNC(=O)CC2COCCN2)c([N+](=O)[O-])c1. The van der Waals surface area contributed by atoms with E-state index in [2.05, 4.69) is 16.0 Å². The summed E-state index contributed by atoms with van der Waals surface area (Å²) < 4.78 is 28.3. The fourth-order valence-electron chi connectivity index (χ4n) is 2.49. The Morgan fingerprint density at radius 2 is 2.19 bits per heavy atom. The molecular formula is C15H22N4O6S. The van der Waals surface area contributed by atoms with Gasteiger partial charge in [0.15, 0.2) is 9.84 Å². The number of carbonyl (C=O) groups excluding carboxylic acids is 1. The van der Waals surface area contributed by atoms with Crippen molar-refractivity contribution in [1.82, 2.24) is 10.6 Å². The Hall–Kier alpha value is -2.24. The van der Waals surface area contributed by atoms with E-state index in [1.807, 2.05) is 0 Å². The fourth-order valence-corrected chi connectivity index (χ4v) is 3.13. The first kappa shape index (κ1) is 20.1. The zero-order chi connectivity index (χ0) is 19.2. The standard InChI is InChI=1S/C15H22N4O6S/c1-26(23,24)12-2-3-13(14(9-12)19(21)22)17-4-5-18-15(20)8-11-10-25-7-6-16-11/h2-3,9,11,16-17H,4-8,10H2,1H3,(H,18,20). The number of amides is 1. The van der Waals surface area contributed by atoms with Crippen molar-refractivity contribution in [3.63, 3.8) is 0 Å². The number of nitrogens with one attached hydrogen (secondary N) is 3. The maximum Gasteiger partial charge on any atom is 0.293 e. The van der Waals surface area contributed by atoms with Gasteiger partial charge in [-0.3, -0.25) is 14.9 Å². The van der Waals surface area contributed by atoms with Gasteiger partial charge in [-0.2, -0.15) is 0 Å². The largest absolute Gasteiger partial charge is 0.378 e. The molecule has 1 aromatic rings. The van der Waals surface area contributed by atoms with Crippen molar-refractivity contribution in [2.45, 2.75) is 17.4 Å². The normalized spacial score (nSPS) is 17.5. The Kier molecular flexibility index (Phi) is 6.89. The van der Waals surface area contributed by atoms with E-state index in [1.54, 1.807) is 0 Å². The van der Waals surface area contributed by atoms with E-state index in [-0.39, 0.29) is 41.3 Å². The van der Waals surface area contributed by atoms with Gasteiger partial charge in [0.1, 0.15) is 5.69 Å². The van der Waals surface area contributed by atoms with Gasteiger partial charge in [-0.1, -0.05) is 0 Å². The minimum Gasteiger partial charge on any atom is -0.378 e. The topological polar surface area (TPSA) is 140 Å². The van der Waals surface area contributed by atoms with Crippen LogP contribution in [-0.4, -0.2) is 64.4 Å². The summed E-state index contributed by atoms with van der Waals surface area (Å²) in [5, 5.41) is 19.9. The Morgan fingerprint density at radius 1 is 1.42 bits per heavy atom. The summed E-state index contributed by atoms with van der Waals surface area (Å²) in [6, 6.07) is 3.66. The van der Waals surface area contributed by atoms with Crippen molar-refractivity contribution in [3.05, 3.63) is 28.3 Å². The highest BCUT2D eigenvalue weighted by molar-refractivity contribution is 7.90. The van der Waals surface area contributed by atoms with Crippen molar-refractivity contribution in [1.29, 1.82) is 0 Å². The fraction of sp³-hybridized carbons (Fsp3) is 0.533. The first-order chi connectivity index (χ1) is 12.3. The zero-order valence-electron chi connectivity index (χ0n) is 14.4. The predicted octanol–water partition coefficient (Wildman–Crippen LogP) is -0.0951. The number of carbonyl (C=O) groups is 1. The van der Waals surface area contributed by atoms with E-state index >= 15 is 0 Å². The molecule has 3 N–H and O–H groups in total. The molecule has 11 heteroatoms. The van der Waals surface area contributed by atoms with Gasteiger partial charge in [-0.05, 0) is 12.1 Å². The van der Waals surface area contributed by atoms with Gasteiger partial charge in [0.25, 0.3) is 5.69 Å². The van der Waals surface area contributed by atoms with E-state index in [0.29, 0.717) is 26.2 Å². The van der Waals surface area contributed by atoms with Crippen molar-refractivity contribution in [3.8, 4) is 0 Å². The lowest BCUT2D eigenvalue weighted by Gasteiger charge is -2.23. The molecule has 0 bridgehead atoms. The Balaban J connectivity index is 1.85. The Bertz CT molecular complexity index is 761. The number of sulfone groups is 1. The number of nitro groups is 1. The molecule has 0 radical (unpaired) electrons. The monoisotopic (exact) mass is 386 g/mol. The maximum atomic E-state index is 11.8. The third-order valence-electron chi connectivity index (χ3n) is 3.79. The molecule has 1 fully saturated rings. The summed E-state index contributed by atoms with van der Waals surface area (Å²) in [5.74, 6) is -0.142. The predicted molar refractivity (Wildman–Crippen MR) is 94.9 cm³/mol. The second kappa shape index (κ2) is 8.92. The Morgan fingerprint density at radius 3 is 2.81 bits per heavy atom. The first-order valence-corrected chi connectivity index (χ1v) is 9.96. The molecule has 1 heterocycles. The van der Waals surface area contributed by atoms with Gasteiger partial charge in [0.2, 0.25) is 5.91 Å². The molecule has 1 aromatic carbocycles. The molecule has 1 atom stereocenters.